The summed E-state index contributed by atoms with van der Waals surface area (Å²) in [5, 5.41) is 2.85. The van der Waals surface area contributed by atoms with Crippen LogP contribution in [0, 0.1) is 6.92 Å². The van der Waals surface area contributed by atoms with Crippen LogP contribution in [0.2, 0.25) is 0 Å². The average Bonchev–Trinajstić information content (AvgIpc) is 2.81. The summed E-state index contributed by atoms with van der Waals surface area (Å²) < 4.78 is 9.98. The quantitative estimate of drug-likeness (QED) is 0.552. The summed E-state index contributed by atoms with van der Waals surface area (Å²) in [6.07, 6.45) is 1.55. The normalized spacial score (nSPS) is 10.0. The van der Waals surface area contributed by atoms with Gasteiger partial charge in [-0.25, -0.2) is 9.59 Å². The number of nitrogens with two attached hydrogens (primary N) is 1. The molecule has 0 radical (unpaired) electrons. The smallest absolute Gasteiger partial charge is 0.348 e. The first-order valence-electron chi connectivity index (χ1n) is 7.04. The molecule has 3 N–H and O–H groups in total. The van der Waals surface area contributed by atoms with Crippen molar-refractivity contribution in [1.29, 1.82) is 0 Å². The third kappa shape index (κ3) is 4.90. The lowest BCUT2D eigenvalue weighted by Gasteiger charge is -2.06. The van der Waals surface area contributed by atoms with Crippen LogP contribution in [-0.4, -0.2) is 37.6 Å². The molecule has 0 aliphatic heterocycles. The molecule has 0 fully saturated rings. The van der Waals surface area contributed by atoms with Gasteiger partial charge in [-0.1, -0.05) is 12.7 Å². The van der Waals surface area contributed by atoms with Crippen molar-refractivity contribution >= 4 is 34.2 Å². The van der Waals surface area contributed by atoms with E-state index in [2.05, 4.69) is 11.9 Å². The van der Waals surface area contributed by atoms with Gasteiger partial charge in [0.15, 0.2) is 0 Å². The zero-order chi connectivity index (χ0) is 17.4. The Morgan fingerprint density at radius 2 is 2.00 bits per heavy atom. The molecule has 0 bridgehead atoms. The molecule has 0 aliphatic carbocycles. The monoisotopic (exact) mass is 340 g/mol. The number of ether oxygens (including phenoxy) is 2. The van der Waals surface area contributed by atoms with Gasteiger partial charge in [-0.15, -0.1) is 11.3 Å². The molecule has 7 nitrogen and oxygen atoms in total. The van der Waals surface area contributed by atoms with Gasteiger partial charge in [0.2, 0.25) is 5.91 Å². The molecule has 8 heteroatoms. The molecule has 0 spiro atoms. The summed E-state index contributed by atoms with van der Waals surface area (Å²) in [6, 6.07) is 0. The predicted molar refractivity (Wildman–Crippen MR) is 87.8 cm³/mol. The molecule has 0 saturated heterocycles. The molecule has 1 heterocycles. The van der Waals surface area contributed by atoms with Gasteiger partial charge >= 0.3 is 11.9 Å². The Morgan fingerprint density at radius 1 is 1.30 bits per heavy atom. The Hall–Kier alpha value is -2.19. The number of amides is 1. The Bertz CT molecular complexity index is 609. The van der Waals surface area contributed by atoms with Crippen molar-refractivity contribution in [2.24, 2.45) is 5.73 Å². The minimum Gasteiger partial charge on any atom is -0.462 e. The van der Waals surface area contributed by atoms with Gasteiger partial charge in [0.05, 0.1) is 12.2 Å². The van der Waals surface area contributed by atoms with Crippen molar-refractivity contribution < 1.29 is 23.9 Å². The highest BCUT2D eigenvalue weighted by Gasteiger charge is 2.27. The second-order valence-corrected chi connectivity index (χ2v) is 5.48. The van der Waals surface area contributed by atoms with E-state index >= 15 is 0 Å². The van der Waals surface area contributed by atoms with Crippen LogP contribution in [0.1, 0.15) is 38.9 Å². The van der Waals surface area contributed by atoms with Crippen LogP contribution in [0.3, 0.4) is 0 Å². The molecule has 126 valence electrons. The van der Waals surface area contributed by atoms with Gasteiger partial charge < -0.3 is 20.5 Å². The Morgan fingerprint density at radius 3 is 2.57 bits per heavy atom. The maximum absolute atomic E-state index is 12.1. The van der Waals surface area contributed by atoms with Gasteiger partial charge in [0, 0.05) is 13.0 Å². The molecule has 1 rings (SSSR count). The molecule has 0 atom stereocenters. The summed E-state index contributed by atoms with van der Waals surface area (Å²) in [5.41, 5.74) is 5.90. The molecule has 1 aromatic heterocycles. The number of nitrogens with one attached hydrogen (secondary N) is 1. The van der Waals surface area contributed by atoms with E-state index in [9.17, 15) is 14.4 Å². The van der Waals surface area contributed by atoms with Crippen molar-refractivity contribution in [2.45, 2.75) is 20.3 Å². The second-order valence-electron chi connectivity index (χ2n) is 4.45. The van der Waals surface area contributed by atoms with Gasteiger partial charge in [-0.05, 0) is 19.4 Å². The van der Waals surface area contributed by atoms with E-state index in [4.69, 9.17) is 15.2 Å². The van der Waals surface area contributed by atoms with Crippen LogP contribution in [0.25, 0.3) is 0 Å². The van der Waals surface area contributed by atoms with E-state index in [0.29, 0.717) is 5.56 Å². The van der Waals surface area contributed by atoms with Gasteiger partial charge in [0.25, 0.3) is 0 Å². The lowest BCUT2D eigenvalue weighted by molar-refractivity contribution is -0.116. The molecule has 0 saturated carbocycles. The van der Waals surface area contributed by atoms with Gasteiger partial charge in [-0.2, -0.15) is 0 Å². The SMILES string of the molecule is C=CCOC(=O)c1sc(NC(=O)CCN)c(C(=O)OCC)c1C. The highest BCUT2D eigenvalue weighted by atomic mass is 32.1. The van der Waals surface area contributed by atoms with Gasteiger partial charge in [-0.3, -0.25) is 4.79 Å². The largest absolute Gasteiger partial charge is 0.462 e. The fourth-order valence-electron chi connectivity index (χ4n) is 1.77. The average molecular weight is 340 g/mol. The van der Waals surface area contributed by atoms with Crippen molar-refractivity contribution in [2.75, 3.05) is 25.1 Å². The number of carbonyl (C=O) groups is 3. The summed E-state index contributed by atoms with van der Waals surface area (Å²) >= 11 is 0.971. The third-order valence-electron chi connectivity index (χ3n) is 2.77. The van der Waals surface area contributed by atoms with Crippen molar-refractivity contribution in [1.82, 2.24) is 0 Å². The molecule has 0 aliphatic rings. The fourth-order valence-corrected chi connectivity index (χ4v) is 2.87. The number of carbonyl (C=O) groups excluding carboxylic acids is 3. The van der Waals surface area contributed by atoms with Gasteiger partial charge in [0.1, 0.15) is 16.5 Å². The predicted octanol–water partition coefficient (Wildman–Crippen LogP) is 1.86. The fraction of sp³-hybridized carbons (Fsp3) is 0.400. The van der Waals surface area contributed by atoms with Crippen molar-refractivity contribution in [3.8, 4) is 0 Å². The van der Waals surface area contributed by atoms with E-state index in [1.807, 2.05) is 0 Å². The third-order valence-corrected chi connectivity index (χ3v) is 3.96. The molecule has 1 aromatic rings. The van der Waals surface area contributed by atoms with Crippen molar-refractivity contribution in [3.63, 3.8) is 0 Å². The standard InChI is InChI=1S/C15H20N2O5S/c1-4-8-22-15(20)12-9(3)11(14(19)21-5-2)13(23-12)17-10(18)6-7-16/h4H,1,5-8,16H2,2-3H3,(H,17,18). The highest BCUT2D eigenvalue weighted by Crippen LogP contribution is 2.34. The molecule has 23 heavy (non-hydrogen) atoms. The number of rotatable bonds is 8. The summed E-state index contributed by atoms with van der Waals surface area (Å²) in [4.78, 5) is 36.1. The molecular weight excluding hydrogens is 320 g/mol. The lowest BCUT2D eigenvalue weighted by atomic mass is 10.1. The number of anilines is 1. The topological polar surface area (TPSA) is 108 Å². The van der Waals surface area contributed by atoms with E-state index in [1.54, 1.807) is 13.8 Å². The minimum atomic E-state index is -0.605. The minimum absolute atomic E-state index is 0.0553. The summed E-state index contributed by atoms with van der Waals surface area (Å²) in [5.74, 6) is -1.53. The summed E-state index contributed by atoms with van der Waals surface area (Å²) in [6.45, 7) is 7.16. The highest BCUT2D eigenvalue weighted by molar-refractivity contribution is 7.18. The van der Waals surface area contributed by atoms with E-state index in [-0.39, 0.29) is 47.5 Å². The first-order chi connectivity index (χ1) is 11.0. The second kappa shape index (κ2) is 9.06. The number of hydrogen-bond acceptors (Lipinski definition) is 7. The maximum atomic E-state index is 12.1. The Labute approximate surface area is 138 Å². The van der Waals surface area contributed by atoms with Crippen LogP contribution >= 0.6 is 11.3 Å². The summed E-state index contributed by atoms with van der Waals surface area (Å²) in [7, 11) is 0. The van der Waals surface area contributed by atoms with E-state index in [0.717, 1.165) is 11.3 Å². The number of esters is 2. The molecular formula is C15H20N2O5S. The molecule has 0 aromatic carbocycles. The zero-order valence-electron chi connectivity index (χ0n) is 13.1. The number of thiophene rings is 1. The van der Waals surface area contributed by atoms with E-state index < -0.39 is 11.9 Å². The van der Waals surface area contributed by atoms with Crippen molar-refractivity contribution in [3.05, 3.63) is 28.7 Å². The zero-order valence-corrected chi connectivity index (χ0v) is 14.0. The van der Waals surface area contributed by atoms with Crippen LogP contribution < -0.4 is 11.1 Å². The van der Waals surface area contributed by atoms with Crippen LogP contribution in [-0.2, 0) is 14.3 Å². The first kappa shape index (κ1) is 18.9. The lowest BCUT2D eigenvalue weighted by Crippen LogP contribution is -2.17. The van der Waals surface area contributed by atoms with Crippen LogP contribution in [0.5, 0.6) is 0 Å². The van der Waals surface area contributed by atoms with Crippen LogP contribution in [0.15, 0.2) is 12.7 Å². The van der Waals surface area contributed by atoms with E-state index in [1.165, 1.54) is 6.08 Å². The number of hydrogen-bond donors (Lipinski definition) is 2. The molecule has 0 unspecified atom stereocenters. The van der Waals surface area contributed by atoms with Crippen LogP contribution in [0.4, 0.5) is 5.00 Å². The first-order valence-corrected chi connectivity index (χ1v) is 7.86. The molecule has 1 amide bonds. The maximum Gasteiger partial charge on any atom is 0.348 e. The Balaban J connectivity index is 3.19. The Kier molecular flexibility index (Phi) is 7.43.